The number of aryl methyl sites for hydroxylation is 3. The Bertz CT molecular complexity index is 1590. The molecule has 0 bridgehead atoms. The zero-order chi connectivity index (χ0) is 28.1. The largest absolute Gasteiger partial charge is 0.358 e. The Labute approximate surface area is 238 Å². The van der Waals surface area contributed by atoms with E-state index in [1.54, 1.807) is 7.05 Å². The van der Waals surface area contributed by atoms with Crippen LogP contribution in [-0.2, 0) is 23.1 Å². The Morgan fingerprint density at radius 2 is 1.55 bits per heavy atom. The molecule has 0 atom stereocenters. The van der Waals surface area contributed by atoms with E-state index in [9.17, 15) is 4.79 Å². The van der Waals surface area contributed by atoms with Crippen molar-refractivity contribution in [1.82, 2.24) is 14.7 Å². The van der Waals surface area contributed by atoms with E-state index in [4.69, 9.17) is 4.98 Å². The quantitative estimate of drug-likeness (QED) is 0.251. The summed E-state index contributed by atoms with van der Waals surface area (Å²) in [6.07, 6.45) is 7.27. The van der Waals surface area contributed by atoms with Crippen LogP contribution in [0, 0.1) is 13.8 Å². The molecule has 2 aromatic heterocycles. The molecule has 0 unspecified atom stereocenters. The molecule has 3 aromatic carbocycles. The number of benzene rings is 3. The lowest BCUT2D eigenvalue weighted by atomic mass is 9.68. The van der Waals surface area contributed by atoms with Crippen LogP contribution < -0.4 is 5.32 Å². The fourth-order valence-electron chi connectivity index (χ4n) is 6.41. The molecule has 0 spiro atoms. The molecule has 2 heterocycles. The van der Waals surface area contributed by atoms with Crippen molar-refractivity contribution in [3.63, 3.8) is 0 Å². The number of amides is 1. The Hall–Kier alpha value is -3.92. The number of likely N-dealkylation sites (N-methyl/N-ethyl adjacent to an activating group) is 1. The summed E-state index contributed by atoms with van der Waals surface area (Å²) < 4.78 is 2.27. The molecule has 5 aromatic rings. The average molecular weight is 532 g/mol. The van der Waals surface area contributed by atoms with Crippen molar-refractivity contribution in [1.29, 1.82) is 0 Å². The molecule has 1 saturated carbocycles. The number of aromatic nitrogens is 2. The van der Waals surface area contributed by atoms with Crippen LogP contribution >= 0.6 is 0 Å². The molecule has 0 aliphatic heterocycles. The van der Waals surface area contributed by atoms with Crippen molar-refractivity contribution in [2.75, 3.05) is 7.05 Å². The van der Waals surface area contributed by atoms with Crippen LogP contribution in [0.5, 0.6) is 0 Å². The van der Waals surface area contributed by atoms with Gasteiger partial charge in [0.05, 0.1) is 10.9 Å². The summed E-state index contributed by atoms with van der Waals surface area (Å²) in [5.74, 6) is 0.157. The third-order valence-corrected chi connectivity index (χ3v) is 8.51. The predicted molar refractivity (Wildman–Crippen MR) is 166 cm³/mol. The maximum absolute atomic E-state index is 12.9. The molecule has 1 aliphatic carbocycles. The van der Waals surface area contributed by atoms with Gasteiger partial charge in [-0.15, -0.1) is 0 Å². The second-order valence-electron chi connectivity index (χ2n) is 11.1. The Morgan fingerprint density at radius 1 is 0.875 bits per heavy atom. The van der Waals surface area contributed by atoms with Gasteiger partial charge in [-0.3, -0.25) is 9.20 Å². The number of hydrogen-bond acceptors (Lipinski definition) is 2. The second-order valence-corrected chi connectivity index (χ2v) is 11.1. The molecule has 1 fully saturated rings. The first-order valence-electron chi connectivity index (χ1n) is 14.7. The van der Waals surface area contributed by atoms with Gasteiger partial charge in [0.25, 0.3) is 0 Å². The Kier molecular flexibility index (Phi) is 8.35. The smallest absolute Gasteiger partial charge is 0.230 e. The third-order valence-electron chi connectivity index (χ3n) is 8.51. The summed E-state index contributed by atoms with van der Waals surface area (Å²) in [6.45, 7) is 6.37. The number of nitrogens with zero attached hydrogens (tertiary/aromatic N) is 2. The van der Waals surface area contributed by atoms with Crippen LogP contribution in [-0.4, -0.2) is 22.3 Å². The first-order chi connectivity index (χ1) is 19.5. The van der Waals surface area contributed by atoms with E-state index in [0.717, 1.165) is 55.4 Å². The third kappa shape index (κ3) is 5.40. The van der Waals surface area contributed by atoms with Crippen molar-refractivity contribution in [2.45, 2.75) is 71.1 Å². The van der Waals surface area contributed by atoms with Gasteiger partial charge in [0.15, 0.2) is 0 Å². The van der Waals surface area contributed by atoms with E-state index < -0.39 is 0 Å². The number of rotatable bonds is 5. The lowest BCUT2D eigenvalue weighted by molar-refractivity contribution is -0.127. The molecule has 4 nitrogen and oxygen atoms in total. The highest BCUT2D eigenvalue weighted by Gasteiger charge is 2.40. The Balaban J connectivity index is 0.000000348. The first kappa shape index (κ1) is 27.6. The zero-order valence-corrected chi connectivity index (χ0v) is 24.3. The van der Waals surface area contributed by atoms with E-state index >= 15 is 0 Å². The number of carbonyl (C=O) groups is 1. The molecular formula is C36H41N3O. The van der Waals surface area contributed by atoms with Crippen LogP contribution in [0.1, 0.15) is 72.7 Å². The van der Waals surface area contributed by atoms with Gasteiger partial charge >= 0.3 is 0 Å². The highest BCUT2D eigenvalue weighted by Crippen LogP contribution is 2.40. The van der Waals surface area contributed by atoms with E-state index in [0.29, 0.717) is 0 Å². The molecule has 206 valence electrons. The summed E-state index contributed by atoms with van der Waals surface area (Å²) in [7, 11) is 1.76. The highest BCUT2D eigenvalue weighted by molar-refractivity contribution is 5.92. The SMILES string of the molecule is CCc1ccccc1.CNC(=O)C1(c2ccc(Cc3c4ccccc4n4c(C)cc(C)nc34)cc2)CCCCC1. The van der Waals surface area contributed by atoms with Crippen LogP contribution in [0.15, 0.2) is 84.9 Å². The average Bonchev–Trinajstić information content (AvgIpc) is 3.31. The number of hydrogen-bond donors (Lipinski definition) is 1. The van der Waals surface area contributed by atoms with Gasteiger partial charge in [-0.05, 0) is 61.9 Å². The number of nitrogens with one attached hydrogen (secondary N) is 1. The molecule has 1 N–H and O–H groups in total. The molecule has 40 heavy (non-hydrogen) atoms. The minimum atomic E-state index is -0.378. The van der Waals surface area contributed by atoms with Gasteiger partial charge in [-0.25, -0.2) is 4.98 Å². The van der Waals surface area contributed by atoms with Gasteiger partial charge in [-0.2, -0.15) is 0 Å². The lowest BCUT2D eigenvalue weighted by Gasteiger charge is -2.36. The van der Waals surface area contributed by atoms with E-state index in [2.05, 4.69) is 109 Å². The van der Waals surface area contributed by atoms with Crippen molar-refractivity contribution >= 4 is 22.5 Å². The van der Waals surface area contributed by atoms with Crippen LogP contribution in [0.3, 0.4) is 0 Å². The van der Waals surface area contributed by atoms with Gasteiger partial charge < -0.3 is 5.32 Å². The van der Waals surface area contributed by atoms with Crippen LogP contribution in [0.25, 0.3) is 16.6 Å². The summed E-state index contributed by atoms with van der Waals surface area (Å²) >= 11 is 0. The van der Waals surface area contributed by atoms with Crippen LogP contribution in [0.4, 0.5) is 0 Å². The summed E-state index contributed by atoms with van der Waals surface area (Å²) in [5.41, 5.74) is 9.19. The molecule has 0 saturated heterocycles. The standard InChI is InChI=1S/C28H31N3O.C8H10/c1-19-17-20(2)31-25-10-6-5-9-23(25)24(26(31)30-19)18-21-11-13-22(14-12-21)28(27(32)29-3)15-7-4-8-16-28;1-2-8-6-4-3-5-7-8/h5-6,9-14,17H,4,7-8,15-16,18H2,1-3H3,(H,29,32);3-7H,2H2,1H3. The van der Waals surface area contributed by atoms with Crippen molar-refractivity contribution < 1.29 is 4.79 Å². The monoisotopic (exact) mass is 531 g/mol. The van der Waals surface area contributed by atoms with Gasteiger partial charge in [0.1, 0.15) is 5.65 Å². The minimum absolute atomic E-state index is 0.157. The normalized spacial score (nSPS) is 14.5. The van der Waals surface area contributed by atoms with Crippen molar-refractivity contribution in [3.05, 3.63) is 119 Å². The van der Waals surface area contributed by atoms with Gasteiger partial charge in [0.2, 0.25) is 5.91 Å². The van der Waals surface area contributed by atoms with Crippen molar-refractivity contribution in [2.24, 2.45) is 0 Å². The molecule has 4 heteroatoms. The van der Waals surface area contributed by atoms with E-state index in [1.807, 2.05) is 6.07 Å². The highest BCUT2D eigenvalue weighted by atomic mass is 16.2. The first-order valence-corrected chi connectivity index (χ1v) is 14.7. The molecular weight excluding hydrogens is 490 g/mol. The van der Waals surface area contributed by atoms with E-state index in [-0.39, 0.29) is 11.3 Å². The van der Waals surface area contributed by atoms with E-state index in [1.165, 1.54) is 39.7 Å². The summed E-state index contributed by atoms with van der Waals surface area (Å²) in [5, 5.41) is 4.18. The van der Waals surface area contributed by atoms with Crippen LogP contribution in [0.2, 0.25) is 0 Å². The Morgan fingerprint density at radius 3 is 2.20 bits per heavy atom. The molecule has 1 aliphatic rings. The fraction of sp³-hybridized carbons (Fsp3) is 0.333. The predicted octanol–water partition coefficient (Wildman–Crippen LogP) is 7.89. The fourth-order valence-corrected chi connectivity index (χ4v) is 6.41. The molecule has 6 rings (SSSR count). The van der Waals surface area contributed by atoms with Crippen molar-refractivity contribution in [3.8, 4) is 0 Å². The summed E-state index contributed by atoms with van der Waals surface area (Å²) in [6, 6.07) is 29.9. The zero-order valence-electron chi connectivity index (χ0n) is 24.3. The molecule has 1 amide bonds. The topological polar surface area (TPSA) is 46.4 Å². The molecule has 0 radical (unpaired) electrons. The maximum atomic E-state index is 12.9. The number of para-hydroxylation sites is 1. The summed E-state index contributed by atoms with van der Waals surface area (Å²) in [4.78, 5) is 17.8. The number of fused-ring (bicyclic) bond motifs is 3. The second kappa shape index (κ2) is 12.1. The van der Waals surface area contributed by atoms with Gasteiger partial charge in [-0.1, -0.05) is 99.0 Å². The number of carbonyl (C=O) groups excluding carboxylic acids is 1. The minimum Gasteiger partial charge on any atom is -0.358 e. The maximum Gasteiger partial charge on any atom is 0.230 e. The van der Waals surface area contributed by atoms with Gasteiger partial charge in [0, 0.05) is 35.8 Å². The lowest BCUT2D eigenvalue weighted by Crippen LogP contribution is -2.44.